The van der Waals surface area contributed by atoms with Crippen molar-refractivity contribution in [3.05, 3.63) is 47.7 Å². The molecule has 0 radical (unpaired) electrons. The minimum atomic E-state index is -0.0790. The Morgan fingerprint density at radius 3 is 2.81 bits per heavy atom. The van der Waals surface area contributed by atoms with Gasteiger partial charge in [-0.2, -0.15) is 0 Å². The third-order valence-electron chi connectivity index (χ3n) is 3.01. The second-order valence-corrected chi connectivity index (χ2v) is 4.74. The number of aromatic nitrogens is 1. The van der Waals surface area contributed by atoms with Crippen LogP contribution in [0.15, 0.2) is 36.4 Å². The van der Waals surface area contributed by atoms with Crippen molar-refractivity contribution in [2.24, 2.45) is 0 Å². The topological polar surface area (TPSA) is 63.2 Å². The zero-order valence-electron chi connectivity index (χ0n) is 12.4. The van der Waals surface area contributed by atoms with E-state index in [1.807, 2.05) is 43.3 Å². The van der Waals surface area contributed by atoms with Crippen LogP contribution in [-0.4, -0.2) is 18.0 Å². The molecule has 5 nitrogen and oxygen atoms in total. The van der Waals surface area contributed by atoms with E-state index in [2.05, 4.69) is 15.6 Å². The lowest BCUT2D eigenvalue weighted by Crippen LogP contribution is -2.08. The maximum absolute atomic E-state index is 11.2. The second kappa shape index (κ2) is 6.74. The van der Waals surface area contributed by atoms with Crippen LogP contribution < -0.4 is 15.4 Å². The molecule has 0 bridgehead atoms. The van der Waals surface area contributed by atoms with Crippen molar-refractivity contribution >= 4 is 17.3 Å². The molecule has 0 aliphatic heterocycles. The average Bonchev–Trinajstić information content (AvgIpc) is 2.48. The molecule has 21 heavy (non-hydrogen) atoms. The number of anilines is 2. The highest BCUT2D eigenvalue weighted by Gasteiger charge is 2.03. The summed E-state index contributed by atoms with van der Waals surface area (Å²) in [6.45, 7) is 4.04. The Hall–Kier alpha value is -2.56. The number of carbonyl (C=O) groups excluding carboxylic acids is 1. The summed E-state index contributed by atoms with van der Waals surface area (Å²) in [5.41, 5.74) is 3.64. The van der Waals surface area contributed by atoms with Gasteiger partial charge >= 0.3 is 0 Å². The fraction of sp³-hybridized carbons (Fsp3) is 0.250. The number of aryl methyl sites for hydroxylation is 1. The van der Waals surface area contributed by atoms with Gasteiger partial charge in [-0.3, -0.25) is 4.79 Å². The van der Waals surface area contributed by atoms with Crippen LogP contribution in [0.2, 0.25) is 0 Å². The largest absolute Gasteiger partial charge is 0.481 e. The van der Waals surface area contributed by atoms with Gasteiger partial charge < -0.3 is 15.4 Å². The van der Waals surface area contributed by atoms with Gasteiger partial charge in [0.05, 0.1) is 19.3 Å². The van der Waals surface area contributed by atoms with Crippen molar-refractivity contribution in [2.45, 2.75) is 20.4 Å². The first-order valence-electron chi connectivity index (χ1n) is 6.70. The van der Waals surface area contributed by atoms with E-state index in [0.29, 0.717) is 12.4 Å². The summed E-state index contributed by atoms with van der Waals surface area (Å²) in [6.07, 6.45) is 0. The fourth-order valence-corrected chi connectivity index (χ4v) is 1.92. The van der Waals surface area contributed by atoms with Gasteiger partial charge in [0.2, 0.25) is 11.8 Å². The summed E-state index contributed by atoms with van der Waals surface area (Å²) < 4.78 is 5.10. The molecule has 1 amide bonds. The highest BCUT2D eigenvalue weighted by atomic mass is 16.5. The van der Waals surface area contributed by atoms with Crippen molar-refractivity contribution in [1.29, 1.82) is 0 Å². The monoisotopic (exact) mass is 285 g/mol. The molecule has 0 aliphatic carbocycles. The predicted molar refractivity (Wildman–Crippen MR) is 83.6 cm³/mol. The van der Waals surface area contributed by atoms with Gasteiger partial charge in [-0.1, -0.05) is 12.1 Å². The number of carbonyl (C=O) groups is 1. The number of ether oxygens (including phenoxy) is 1. The Kier molecular flexibility index (Phi) is 4.77. The Balaban J connectivity index is 2.07. The summed E-state index contributed by atoms with van der Waals surface area (Å²) in [5.74, 6) is 0.516. The van der Waals surface area contributed by atoms with E-state index in [-0.39, 0.29) is 5.91 Å². The quantitative estimate of drug-likeness (QED) is 0.886. The zero-order valence-corrected chi connectivity index (χ0v) is 12.4. The Morgan fingerprint density at radius 2 is 2.10 bits per heavy atom. The Morgan fingerprint density at radius 1 is 1.29 bits per heavy atom. The first-order chi connectivity index (χ1) is 10.1. The average molecular weight is 285 g/mol. The minimum absolute atomic E-state index is 0.0790. The SMILES string of the molecule is COc1cccc(CNc2ccc(C)c(NC(C)=O)c2)n1. The van der Waals surface area contributed by atoms with Gasteiger partial charge in [-0.05, 0) is 30.7 Å². The van der Waals surface area contributed by atoms with E-state index in [1.165, 1.54) is 6.92 Å². The van der Waals surface area contributed by atoms with Crippen LogP contribution in [-0.2, 0) is 11.3 Å². The lowest BCUT2D eigenvalue weighted by Gasteiger charge is -2.11. The van der Waals surface area contributed by atoms with Gasteiger partial charge in [-0.25, -0.2) is 4.98 Å². The second-order valence-electron chi connectivity index (χ2n) is 4.74. The number of hydrogen-bond acceptors (Lipinski definition) is 4. The maximum Gasteiger partial charge on any atom is 0.221 e. The van der Waals surface area contributed by atoms with E-state index < -0.39 is 0 Å². The van der Waals surface area contributed by atoms with E-state index in [4.69, 9.17) is 4.74 Å². The highest BCUT2D eigenvalue weighted by Crippen LogP contribution is 2.20. The Labute approximate surface area is 124 Å². The molecule has 0 atom stereocenters. The van der Waals surface area contributed by atoms with Crippen molar-refractivity contribution in [3.63, 3.8) is 0 Å². The van der Waals surface area contributed by atoms with Crippen LogP contribution in [0.3, 0.4) is 0 Å². The third-order valence-corrected chi connectivity index (χ3v) is 3.01. The number of methoxy groups -OCH3 is 1. The van der Waals surface area contributed by atoms with Gasteiger partial charge in [0.1, 0.15) is 0 Å². The first-order valence-corrected chi connectivity index (χ1v) is 6.70. The van der Waals surface area contributed by atoms with E-state index in [9.17, 15) is 4.79 Å². The van der Waals surface area contributed by atoms with Crippen molar-refractivity contribution in [2.75, 3.05) is 17.7 Å². The predicted octanol–water partition coefficient (Wildman–Crippen LogP) is 2.97. The number of benzene rings is 1. The molecular formula is C16H19N3O2. The lowest BCUT2D eigenvalue weighted by molar-refractivity contribution is -0.114. The number of hydrogen-bond donors (Lipinski definition) is 2. The number of nitrogens with one attached hydrogen (secondary N) is 2. The van der Waals surface area contributed by atoms with E-state index in [0.717, 1.165) is 22.6 Å². The molecule has 0 unspecified atom stereocenters. The normalized spacial score (nSPS) is 10.0. The van der Waals surface area contributed by atoms with Gasteiger partial charge in [0, 0.05) is 24.4 Å². The Bertz CT molecular complexity index is 641. The van der Waals surface area contributed by atoms with Gasteiger partial charge in [0.25, 0.3) is 0 Å². The van der Waals surface area contributed by atoms with Crippen LogP contribution in [0.1, 0.15) is 18.2 Å². The molecule has 0 saturated heterocycles. The van der Waals surface area contributed by atoms with Crippen molar-refractivity contribution in [3.8, 4) is 5.88 Å². The molecule has 2 N–H and O–H groups in total. The van der Waals surface area contributed by atoms with Gasteiger partial charge in [0.15, 0.2) is 0 Å². The summed E-state index contributed by atoms with van der Waals surface area (Å²) in [7, 11) is 1.60. The maximum atomic E-state index is 11.2. The molecule has 0 saturated carbocycles. The van der Waals surface area contributed by atoms with Crippen molar-refractivity contribution < 1.29 is 9.53 Å². The molecule has 1 aromatic carbocycles. The van der Waals surface area contributed by atoms with Crippen LogP contribution in [0.5, 0.6) is 5.88 Å². The number of pyridine rings is 1. The smallest absolute Gasteiger partial charge is 0.221 e. The molecule has 0 aliphatic rings. The zero-order chi connectivity index (χ0) is 15.2. The third kappa shape index (κ3) is 4.21. The fourth-order valence-electron chi connectivity index (χ4n) is 1.92. The molecule has 2 rings (SSSR count). The summed E-state index contributed by atoms with van der Waals surface area (Å²) in [6, 6.07) is 11.5. The van der Waals surface area contributed by atoms with Crippen LogP contribution in [0.25, 0.3) is 0 Å². The number of nitrogens with zero attached hydrogens (tertiary/aromatic N) is 1. The van der Waals surface area contributed by atoms with E-state index >= 15 is 0 Å². The molecule has 2 aromatic rings. The summed E-state index contributed by atoms with van der Waals surface area (Å²) in [5, 5.41) is 6.10. The standard InChI is InChI=1S/C16H19N3O2/c1-11-7-8-13(9-15(11)18-12(2)20)17-10-14-5-4-6-16(19-14)21-3/h4-9,17H,10H2,1-3H3,(H,18,20). The van der Waals surface area contributed by atoms with Crippen molar-refractivity contribution in [1.82, 2.24) is 4.98 Å². The number of amides is 1. The summed E-state index contributed by atoms with van der Waals surface area (Å²) in [4.78, 5) is 15.5. The minimum Gasteiger partial charge on any atom is -0.481 e. The molecule has 5 heteroatoms. The molecule has 110 valence electrons. The van der Waals surface area contributed by atoms with Gasteiger partial charge in [-0.15, -0.1) is 0 Å². The molecule has 0 spiro atoms. The summed E-state index contributed by atoms with van der Waals surface area (Å²) >= 11 is 0. The molecule has 1 aromatic heterocycles. The van der Waals surface area contributed by atoms with Crippen LogP contribution in [0.4, 0.5) is 11.4 Å². The van der Waals surface area contributed by atoms with E-state index in [1.54, 1.807) is 7.11 Å². The lowest BCUT2D eigenvalue weighted by atomic mass is 10.1. The van der Waals surface area contributed by atoms with Crippen LogP contribution >= 0.6 is 0 Å². The highest BCUT2D eigenvalue weighted by molar-refractivity contribution is 5.90. The number of rotatable bonds is 5. The molecule has 1 heterocycles. The molecular weight excluding hydrogens is 266 g/mol. The van der Waals surface area contributed by atoms with Crippen LogP contribution in [0, 0.1) is 6.92 Å². The molecule has 0 fully saturated rings. The first kappa shape index (κ1) is 14.8.